The van der Waals surface area contributed by atoms with Crippen molar-refractivity contribution in [2.24, 2.45) is 11.8 Å². The van der Waals surface area contributed by atoms with Gasteiger partial charge in [-0.15, -0.1) is 0 Å². The Hall–Kier alpha value is -0.220. The van der Waals surface area contributed by atoms with Crippen molar-refractivity contribution in [1.29, 1.82) is 0 Å². The molecule has 2 fully saturated rings. The van der Waals surface area contributed by atoms with E-state index in [1.807, 2.05) is 13.2 Å². The molecule has 4 heteroatoms. The molecule has 16 heavy (non-hydrogen) atoms. The van der Waals surface area contributed by atoms with E-state index < -0.39 is 0 Å². The molecule has 92 valence electrons. The maximum Gasteiger partial charge on any atom is 0.235 e. The summed E-state index contributed by atoms with van der Waals surface area (Å²) in [7, 11) is 0. The number of hydrogen-bond donors (Lipinski definition) is 1. The van der Waals surface area contributed by atoms with Crippen LogP contribution < -0.4 is 5.32 Å². The minimum absolute atomic E-state index is 0.121. The highest BCUT2D eigenvalue weighted by Gasteiger charge is 2.32. The molecule has 1 unspecified atom stereocenters. The molecular formula is C12H22N2OS. The second kappa shape index (κ2) is 5.41. The van der Waals surface area contributed by atoms with Crippen molar-refractivity contribution >= 4 is 17.7 Å². The standard InChI is InChI=1S/C12H22N2OS/c1-9(16-2)12(15)14-5-3-10-7-13-8-11(10)4-6-14/h9-11,13H,3-8H2,1-2H3/t9?,10-,11+. The zero-order valence-electron chi connectivity index (χ0n) is 10.2. The Kier molecular flexibility index (Phi) is 4.14. The van der Waals surface area contributed by atoms with Gasteiger partial charge >= 0.3 is 0 Å². The van der Waals surface area contributed by atoms with E-state index in [1.165, 1.54) is 12.8 Å². The molecule has 2 saturated heterocycles. The van der Waals surface area contributed by atoms with Gasteiger partial charge < -0.3 is 10.2 Å². The van der Waals surface area contributed by atoms with Gasteiger partial charge in [0.2, 0.25) is 5.91 Å². The molecule has 2 heterocycles. The van der Waals surface area contributed by atoms with Crippen molar-refractivity contribution in [2.75, 3.05) is 32.4 Å². The Morgan fingerprint density at radius 2 is 1.88 bits per heavy atom. The molecule has 1 amide bonds. The fourth-order valence-electron chi connectivity index (χ4n) is 2.80. The lowest BCUT2D eigenvalue weighted by molar-refractivity contribution is -0.130. The Labute approximate surface area is 102 Å². The van der Waals surface area contributed by atoms with Crippen LogP contribution in [0.3, 0.4) is 0 Å². The molecular weight excluding hydrogens is 220 g/mol. The minimum Gasteiger partial charge on any atom is -0.342 e. The van der Waals surface area contributed by atoms with Crippen LogP contribution in [-0.4, -0.2) is 48.5 Å². The first-order valence-corrected chi connectivity index (χ1v) is 7.53. The first-order chi connectivity index (χ1) is 7.72. The summed E-state index contributed by atoms with van der Waals surface area (Å²) in [5.41, 5.74) is 0. The predicted octanol–water partition coefficient (Wildman–Crippen LogP) is 1.20. The Morgan fingerprint density at radius 1 is 1.31 bits per heavy atom. The number of likely N-dealkylation sites (tertiary alicyclic amines) is 1. The number of carbonyl (C=O) groups excluding carboxylic acids is 1. The molecule has 0 bridgehead atoms. The van der Waals surface area contributed by atoms with Crippen molar-refractivity contribution < 1.29 is 4.79 Å². The summed E-state index contributed by atoms with van der Waals surface area (Å²) in [5, 5.41) is 3.58. The average Bonchev–Trinajstić information content (AvgIpc) is 2.66. The molecule has 0 spiro atoms. The molecule has 0 aromatic heterocycles. The van der Waals surface area contributed by atoms with Gasteiger partial charge in [0.1, 0.15) is 0 Å². The molecule has 3 nitrogen and oxygen atoms in total. The molecule has 0 aromatic rings. The minimum atomic E-state index is 0.121. The van der Waals surface area contributed by atoms with E-state index in [9.17, 15) is 4.79 Å². The highest BCUT2D eigenvalue weighted by molar-refractivity contribution is 7.99. The van der Waals surface area contributed by atoms with Gasteiger partial charge in [-0.2, -0.15) is 11.8 Å². The highest BCUT2D eigenvalue weighted by Crippen LogP contribution is 2.27. The number of nitrogens with zero attached hydrogens (tertiary/aromatic N) is 1. The third kappa shape index (κ3) is 2.54. The zero-order chi connectivity index (χ0) is 11.5. The second-order valence-corrected chi connectivity index (χ2v) is 6.14. The van der Waals surface area contributed by atoms with Crippen LogP contribution in [0.4, 0.5) is 0 Å². The lowest BCUT2D eigenvalue weighted by atomic mass is 9.92. The zero-order valence-corrected chi connectivity index (χ0v) is 11.1. The van der Waals surface area contributed by atoms with Crippen molar-refractivity contribution in [3.63, 3.8) is 0 Å². The summed E-state index contributed by atoms with van der Waals surface area (Å²) >= 11 is 1.65. The predicted molar refractivity (Wildman–Crippen MR) is 68.6 cm³/mol. The van der Waals surface area contributed by atoms with Crippen LogP contribution in [0.2, 0.25) is 0 Å². The van der Waals surface area contributed by atoms with Gasteiger partial charge in [0.05, 0.1) is 5.25 Å². The molecule has 0 saturated carbocycles. The molecule has 2 aliphatic rings. The SMILES string of the molecule is CSC(C)C(=O)N1CC[C@@H]2CNC[C@@H]2CC1. The summed E-state index contributed by atoms with van der Waals surface area (Å²) in [6.45, 7) is 6.26. The first-order valence-electron chi connectivity index (χ1n) is 6.24. The van der Waals surface area contributed by atoms with Crippen molar-refractivity contribution in [3.8, 4) is 0 Å². The summed E-state index contributed by atoms with van der Waals surface area (Å²) in [4.78, 5) is 14.2. The Balaban J connectivity index is 1.91. The third-order valence-corrected chi connectivity index (χ3v) is 4.94. The van der Waals surface area contributed by atoms with Gasteiger partial charge in [0.25, 0.3) is 0 Å². The van der Waals surface area contributed by atoms with E-state index in [4.69, 9.17) is 0 Å². The van der Waals surface area contributed by atoms with Crippen LogP contribution >= 0.6 is 11.8 Å². The molecule has 0 radical (unpaired) electrons. The van der Waals surface area contributed by atoms with Gasteiger partial charge in [-0.1, -0.05) is 0 Å². The van der Waals surface area contributed by atoms with E-state index in [-0.39, 0.29) is 5.25 Å². The van der Waals surface area contributed by atoms with Crippen LogP contribution in [0.15, 0.2) is 0 Å². The topological polar surface area (TPSA) is 32.3 Å². The van der Waals surface area contributed by atoms with Crippen LogP contribution in [0, 0.1) is 11.8 Å². The Morgan fingerprint density at radius 3 is 2.38 bits per heavy atom. The number of rotatable bonds is 2. The molecule has 1 N–H and O–H groups in total. The largest absolute Gasteiger partial charge is 0.342 e. The summed E-state index contributed by atoms with van der Waals surface area (Å²) in [6, 6.07) is 0. The van der Waals surface area contributed by atoms with Gasteiger partial charge in [-0.3, -0.25) is 4.79 Å². The van der Waals surface area contributed by atoms with Crippen molar-refractivity contribution in [3.05, 3.63) is 0 Å². The summed E-state index contributed by atoms with van der Waals surface area (Å²) in [5.74, 6) is 1.95. The second-order valence-electron chi connectivity index (χ2n) is 4.96. The fourth-order valence-corrected chi connectivity index (χ4v) is 3.15. The summed E-state index contributed by atoms with van der Waals surface area (Å²) < 4.78 is 0. The first kappa shape index (κ1) is 12.2. The smallest absolute Gasteiger partial charge is 0.235 e. The van der Waals surface area contributed by atoms with Crippen molar-refractivity contribution in [2.45, 2.75) is 25.0 Å². The van der Waals surface area contributed by atoms with E-state index in [1.54, 1.807) is 11.8 Å². The Bertz CT molecular complexity index is 245. The fraction of sp³-hybridized carbons (Fsp3) is 0.917. The van der Waals surface area contributed by atoms with Crippen LogP contribution in [0.25, 0.3) is 0 Å². The number of nitrogens with one attached hydrogen (secondary N) is 1. The number of carbonyl (C=O) groups is 1. The molecule has 0 aliphatic carbocycles. The normalized spacial score (nSPS) is 32.0. The van der Waals surface area contributed by atoms with E-state index >= 15 is 0 Å². The van der Waals surface area contributed by atoms with Crippen LogP contribution in [0.1, 0.15) is 19.8 Å². The number of hydrogen-bond acceptors (Lipinski definition) is 3. The molecule has 3 atom stereocenters. The van der Waals surface area contributed by atoms with Gasteiger partial charge in [0.15, 0.2) is 0 Å². The molecule has 2 aliphatic heterocycles. The van der Waals surface area contributed by atoms with Crippen molar-refractivity contribution in [1.82, 2.24) is 10.2 Å². The summed E-state index contributed by atoms with van der Waals surface area (Å²) in [6.07, 6.45) is 4.38. The molecule has 2 rings (SSSR count). The number of amides is 1. The van der Waals surface area contributed by atoms with Gasteiger partial charge in [-0.05, 0) is 50.9 Å². The third-order valence-electron chi connectivity index (χ3n) is 4.03. The number of fused-ring (bicyclic) bond motifs is 1. The van der Waals surface area contributed by atoms with E-state index in [0.717, 1.165) is 38.0 Å². The maximum absolute atomic E-state index is 12.1. The lowest BCUT2D eigenvalue weighted by Gasteiger charge is -2.23. The number of thioether (sulfide) groups is 1. The maximum atomic E-state index is 12.1. The van der Waals surface area contributed by atoms with E-state index in [2.05, 4.69) is 10.2 Å². The van der Waals surface area contributed by atoms with E-state index in [0.29, 0.717) is 5.91 Å². The highest BCUT2D eigenvalue weighted by atomic mass is 32.2. The average molecular weight is 242 g/mol. The molecule has 0 aromatic carbocycles. The van der Waals surface area contributed by atoms with Gasteiger partial charge in [0, 0.05) is 13.1 Å². The quantitative estimate of drug-likeness (QED) is 0.789. The monoisotopic (exact) mass is 242 g/mol. The van der Waals surface area contributed by atoms with Crippen LogP contribution in [0.5, 0.6) is 0 Å². The van der Waals surface area contributed by atoms with Crippen LogP contribution in [-0.2, 0) is 4.79 Å². The lowest BCUT2D eigenvalue weighted by Crippen LogP contribution is -2.37. The van der Waals surface area contributed by atoms with Gasteiger partial charge in [-0.25, -0.2) is 0 Å².